The number of benzene rings is 1. The summed E-state index contributed by atoms with van der Waals surface area (Å²) in [7, 11) is 0. The molecule has 0 amide bonds. The van der Waals surface area contributed by atoms with Gasteiger partial charge in [-0.3, -0.25) is 4.79 Å². The fraction of sp³-hybridized carbons (Fsp3) is 0.400. The van der Waals surface area contributed by atoms with Crippen molar-refractivity contribution in [1.82, 2.24) is 4.57 Å². The first kappa shape index (κ1) is 14.1. The fourth-order valence-corrected chi connectivity index (χ4v) is 2.25. The molecule has 0 saturated heterocycles. The number of aldehydes is 1. The standard InChI is InChI=1S/C15H18ClNO2/c1-2-3-7-19-8-6-17-10-12(11-18)14-5-4-13(16)9-15(14)17/h4-5,9-11H,2-3,6-8H2,1H3. The van der Waals surface area contributed by atoms with Gasteiger partial charge in [-0.15, -0.1) is 0 Å². The van der Waals surface area contributed by atoms with E-state index in [1.165, 1.54) is 0 Å². The van der Waals surface area contributed by atoms with Gasteiger partial charge in [-0.1, -0.05) is 31.0 Å². The lowest BCUT2D eigenvalue weighted by Crippen LogP contribution is -2.05. The molecule has 3 nitrogen and oxygen atoms in total. The zero-order valence-corrected chi connectivity index (χ0v) is 11.8. The number of unbranched alkanes of at least 4 members (excludes halogenated alkanes) is 1. The topological polar surface area (TPSA) is 31.2 Å². The number of hydrogen-bond acceptors (Lipinski definition) is 2. The molecule has 0 spiro atoms. The van der Waals surface area contributed by atoms with Crippen LogP contribution in [0.1, 0.15) is 30.1 Å². The van der Waals surface area contributed by atoms with E-state index >= 15 is 0 Å². The first-order valence-corrected chi connectivity index (χ1v) is 6.95. The largest absolute Gasteiger partial charge is 0.380 e. The average molecular weight is 280 g/mol. The van der Waals surface area contributed by atoms with Crippen LogP contribution in [0.15, 0.2) is 24.4 Å². The Labute approximate surface area is 118 Å². The molecule has 19 heavy (non-hydrogen) atoms. The Bertz CT molecular complexity index is 563. The molecule has 0 fully saturated rings. The third-order valence-corrected chi connectivity index (χ3v) is 3.36. The molecule has 1 aromatic carbocycles. The van der Waals surface area contributed by atoms with Gasteiger partial charge in [-0.2, -0.15) is 0 Å². The van der Waals surface area contributed by atoms with Crippen LogP contribution in [0.25, 0.3) is 10.9 Å². The minimum atomic E-state index is 0.647. The molecule has 0 saturated carbocycles. The maximum absolute atomic E-state index is 11.1. The minimum Gasteiger partial charge on any atom is -0.380 e. The highest BCUT2D eigenvalue weighted by atomic mass is 35.5. The van der Waals surface area contributed by atoms with Gasteiger partial charge in [0.2, 0.25) is 0 Å². The zero-order chi connectivity index (χ0) is 13.7. The van der Waals surface area contributed by atoms with Gasteiger partial charge in [-0.05, 0) is 18.6 Å². The smallest absolute Gasteiger partial charge is 0.152 e. The fourth-order valence-electron chi connectivity index (χ4n) is 2.08. The third kappa shape index (κ3) is 3.37. The van der Waals surface area contributed by atoms with E-state index in [1.54, 1.807) is 6.07 Å². The van der Waals surface area contributed by atoms with Gasteiger partial charge in [0.1, 0.15) is 0 Å². The minimum absolute atomic E-state index is 0.647. The van der Waals surface area contributed by atoms with E-state index in [4.69, 9.17) is 16.3 Å². The van der Waals surface area contributed by atoms with E-state index < -0.39 is 0 Å². The van der Waals surface area contributed by atoms with Crippen LogP contribution in [0, 0.1) is 0 Å². The first-order chi connectivity index (χ1) is 9.26. The number of rotatable bonds is 7. The van der Waals surface area contributed by atoms with Crippen LogP contribution in [-0.4, -0.2) is 24.1 Å². The lowest BCUT2D eigenvalue weighted by atomic mass is 10.2. The van der Waals surface area contributed by atoms with E-state index in [9.17, 15) is 4.79 Å². The van der Waals surface area contributed by atoms with E-state index in [1.807, 2.05) is 22.9 Å². The van der Waals surface area contributed by atoms with Crippen LogP contribution in [0.5, 0.6) is 0 Å². The molecule has 4 heteroatoms. The summed E-state index contributed by atoms with van der Waals surface area (Å²) >= 11 is 6.01. The summed E-state index contributed by atoms with van der Waals surface area (Å²) in [5.41, 5.74) is 1.67. The van der Waals surface area contributed by atoms with Gasteiger partial charge in [0.15, 0.2) is 6.29 Å². The normalized spacial score (nSPS) is 11.1. The van der Waals surface area contributed by atoms with Gasteiger partial charge >= 0.3 is 0 Å². The average Bonchev–Trinajstić information content (AvgIpc) is 2.76. The van der Waals surface area contributed by atoms with E-state index in [0.717, 1.165) is 43.2 Å². The highest BCUT2D eigenvalue weighted by molar-refractivity contribution is 6.31. The maximum atomic E-state index is 11.1. The van der Waals surface area contributed by atoms with Gasteiger partial charge in [-0.25, -0.2) is 0 Å². The molecule has 0 unspecified atom stereocenters. The second kappa shape index (κ2) is 6.73. The molecule has 2 aromatic rings. The Balaban J connectivity index is 2.13. The second-order valence-corrected chi connectivity index (χ2v) is 4.96. The Kier molecular flexibility index (Phi) is 5.00. The lowest BCUT2D eigenvalue weighted by Gasteiger charge is -2.06. The number of hydrogen-bond donors (Lipinski definition) is 0. The molecule has 2 rings (SSSR count). The molecule has 0 aliphatic rings. The van der Waals surface area contributed by atoms with Crippen LogP contribution in [0.2, 0.25) is 5.02 Å². The predicted octanol–water partition coefficient (Wildman–Crippen LogP) is 3.92. The quantitative estimate of drug-likeness (QED) is 0.568. The van der Waals surface area contributed by atoms with Crippen LogP contribution in [0.3, 0.4) is 0 Å². The third-order valence-electron chi connectivity index (χ3n) is 3.12. The van der Waals surface area contributed by atoms with Crippen molar-refractivity contribution in [2.75, 3.05) is 13.2 Å². The SMILES string of the molecule is CCCCOCCn1cc(C=O)c2ccc(Cl)cc21. The number of halogens is 1. The molecule has 0 aliphatic heterocycles. The first-order valence-electron chi connectivity index (χ1n) is 6.57. The van der Waals surface area contributed by atoms with Crippen LogP contribution in [-0.2, 0) is 11.3 Å². The summed E-state index contributed by atoms with van der Waals surface area (Å²) in [4.78, 5) is 11.1. The molecule has 1 aromatic heterocycles. The highest BCUT2D eigenvalue weighted by Gasteiger charge is 2.08. The number of carbonyl (C=O) groups is 1. The maximum Gasteiger partial charge on any atom is 0.152 e. The lowest BCUT2D eigenvalue weighted by molar-refractivity contribution is 0.112. The van der Waals surface area contributed by atoms with Crippen molar-refractivity contribution < 1.29 is 9.53 Å². The number of fused-ring (bicyclic) bond motifs is 1. The zero-order valence-electron chi connectivity index (χ0n) is 11.1. The predicted molar refractivity (Wildman–Crippen MR) is 78.1 cm³/mol. The molecule has 102 valence electrons. The Morgan fingerprint density at radius 1 is 1.37 bits per heavy atom. The Morgan fingerprint density at radius 2 is 2.21 bits per heavy atom. The molecule has 0 N–H and O–H groups in total. The van der Waals surface area contributed by atoms with E-state index in [2.05, 4.69) is 6.92 Å². The summed E-state index contributed by atoms with van der Waals surface area (Å²) in [6.07, 6.45) is 4.96. The van der Waals surface area contributed by atoms with Crippen molar-refractivity contribution in [3.63, 3.8) is 0 Å². The number of aromatic nitrogens is 1. The molecular weight excluding hydrogens is 262 g/mol. The molecule has 0 atom stereocenters. The number of carbonyl (C=O) groups excluding carboxylic acids is 1. The van der Waals surface area contributed by atoms with Gasteiger partial charge in [0, 0.05) is 35.3 Å². The van der Waals surface area contributed by atoms with Crippen molar-refractivity contribution >= 4 is 28.8 Å². The summed E-state index contributed by atoms with van der Waals surface area (Å²) in [5.74, 6) is 0. The van der Waals surface area contributed by atoms with Crippen molar-refractivity contribution in [3.05, 3.63) is 35.0 Å². The number of ether oxygens (including phenoxy) is 1. The molecule has 1 heterocycles. The van der Waals surface area contributed by atoms with Crippen molar-refractivity contribution in [2.45, 2.75) is 26.3 Å². The van der Waals surface area contributed by atoms with E-state index in [0.29, 0.717) is 17.2 Å². The molecular formula is C15H18ClNO2. The Morgan fingerprint density at radius 3 is 2.95 bits per heavy atom. The summed E-state index contributed by atoms with van der Waals surface area (Å²) in [6, 6.07) is 5.57. The van der Waals surface area contributed by atoms with Crippen LogP contribution >= 0.6 is 11.6 Å². The second-order valence-electron chi connectivity index (χ2n) is 4.52. The van der Waals surface area contributed by atoms with Crippen molar-refractivity contribution in [1.29, 1.82) is 0 Å². The van der Waals surface area contributed by atoms with Crippen LogP contribution in [0.4, 0.5) is 0 Å². The molecule has 0 radical (unpaired) electrons. The van der Waals surface area contributed by atoms with E-state index in [-0.39, 0.29) is 0 Å². The summed E-state index contributed by atoms with van der Waals surface area (Å²) in [5, 5.41) is 1.61. The summed E-state index contributed by atoms with van der Waals surface area (Å²) in [6.45, 7) is 4.31. The van der Waals surface area contributed by atoms with Crippen molar-refractivity contribution in [2.24, 2.45) is 0 Å². The van der Waals surface area contributed by atoms with Gasteiger partial charge in [0.05, 0.1) is 12.1 Å². The van der Waals surface area contributed by atoms with Crippen molar-refractivity contribution in [3.8, 4) is 0 Å². The monoisotopic (exact) mass is 279 g/mol. The highest BCUT2D eigenvalue weighted by Crippen LogP contribution is 2.23. The van der Waals surface area contributed by atoms with Gasteiger partial charge in [0.25, 0.3) is 0 Å². The van der Waals surface area contributed by atoms with Gasteiger partial charge < -0.3 is 9.30 Å². The Hall–Kier alpha value is -1.32. The number of nitrogens with zero attached hydrogens (tertiary/aromatic N) is 1. The summed E-state index contributed by atoms with van der Waals surface area (Å²) < 4.78 is 7.58. The van der Waals surface area contributed by atoms with Crippen LogP contribution < -0.4 is 0 Å². The molecule has 0 bridgehead atoms. The molecule has 0 aliphatic carbocycles.